The number of benzene rings is 2. The molecule has 0 spiro atoms. The molecule has 2 aromatic carbocycles. The minimum atomic E-state index is 0.411. The van der Waals surface area contributed by atoms with Gasteiger partial charge in [-0.25, -0.2) is 0 Å². The van der Waals surface area contributed by atoms with Gasteiger partial charge in [-0.15, -0.1) is 11.6 Å². The van der Waals surface area contributed by atoms with Crippen LogP contribution >= 0.6 is 23.2 Å². The van der Waals surface area contributed by atoms with Crippen molar-refractivity contribution in [1.29, 1.82) is 0 Å². The summed E-state index contributed by atoms with van der Waals surface area (Å²) in [4.78, 5) is 0. The summed E-state index contributed by atoms with van der Waals surface area (Å²) in [7, 11) is 0. The third kappa shape index (κ3) is 4.45. The number of halogens is 2. The van der Waals surface area contributed by atoms with Gasteiger partial charge in [-0.05, 0) is 36.6 Å². The first-order valence-corrected chi connectivity index (χ1v) is 7.22. The highest BCUT2D eigenvalue weighted by Crippen LogP contribution is 2.24. The van der Waals surface area contributed by atoms with E-state index in [1.165, 1.54) is 5.56 Å². The standard InChI is InChI=1S/C16H16Cl2O/c17-12-14-11-15(18)8-9-16(14)19-10-4-7-13-5-2-1-3-6-13/h1-3,5-6,8-9,11H,4,7,10,12H2. The average Bonchev–Trinajstić information content (AvgIpc) is 2.46. The van der Waals surface area contributed by atoms with Crippen molar-refractivity contribution in [2.45, 2.75) is 18.7 Å². The molecule has 0 aliphatic carbocycles. The molecule has 0 N–H and O–H groups in total. The Morgan fingerprint density at radius 3 is 2.53 bits per heavy atom. The molecule has 19 heavy (non-hydrogen) atoms. The van der Waals surface area contributed by atoms with E-state index in [0.29, 0.717) is 17.5 Å². The highest BCUT2D eigenvalue weighted by molar-refractivity contribution is 6.30. The second-order valence-electron chi connectivity index (χ2n) is 4.32. The highest BCUT2D eigenvalue weighted by atomic mass is 35.5. The highest BCUT2D eigenvalue weighted by Gasteiger charge is 2.03. The number of aryl methyl sites for hydroxylation is 1. The quantitative estimate of drug-likeness (QED) is 0.533. The van der Waals surface area contributed by atoms with Gasteiger partial charge in [-0.3, -0.25) is 0 Å². The maximum absolute atomic E-state index is 5.92. The Kier molecular flexibility index (Phi) is 5.56. The zero-order chi connectivity index (χ0) is 13.5. The van der Waals surface area contributed by atoms with E-state index in [-0.39, 0.29) is 0 Å². The second kappa shape index (κ2) is 7.42. The van der Waals surface area contributed by atoms with Crippen molar-refractivity contribution in [1.82, 2.24) is 0 Å². The van der Waals surface area contributed by atoms with E-state index < -0.39 is 0 Å². The smallest absolute Gasteiger partial charge is 0.123 e. The maximum atomic E-state index is 5.92. The largest absolute Gasteiger partial charge is 0.493 e. The Morgan fingerprint density at radius 1 is 1.00 bits per heavy atom. The van der Waals surface area contributed by atoms with Gasteiger partial charge in [0.1, 0.15) is 5.75 Å². The van der Waals surface area contributed by atoms with Crippen LogP contribution in [0.2, 0.25) is 5.02 Å². The van der Waals surface area contributed by atoms with Crippen molar-refractivity contribution in [3.8, 4) is 5.75 Å². The number of rotatable bonds is 6. The molecular weight excluding hydrogens is 279 g/mol. The Labute approximate surface area is 124 Å². The Bertz CT molecular complexity index is 511. The van der Waals surface area contributed by atoms with E-state index in [0.717, 1.165) is 24.2 Å². The minimum absolute atomic E-state index is 0.411. The summed E-state index contributed by atoms with van der Waals surface area (Å²) in [6.45, 7) is 0.681. The third-order valence-electron chi connectivity index (χ3n) is 2.88. The number of hydrogen-bond donors (Lipinski definition) is 0. The van der Waals surface area contributed by atoms with Crippen LogP contribution in [0, 0.1) is 0 Å². The summed E-state index contributed by atoms with van der Waals surface area (Å²) in [5.74, 6) is 1.24. The Morgan fingerprint density at radius 2 is 1.79 bits per heavy atom. The second-order valence-corrected chi connectivity index (χ2v) is 5.03. The molecule has 2 rings (SSSR count). The number of hydrogen-bond acceptors (Lipinski definition) is 1. The molecule has 0 fully saturated rings. The van der Waals surface area contributed by atoms with Crippen molar-refractivity contribution in [3.05, 3.63) is 64.7 Å². The molecule has 0 amide bonds. The van der Waals surface area contributed by atoms with Crippen molar-refractivity contribution < 1.29 is 4.74 Å². The monoisotopic (exact) mass is 294 g/mol. The fourth-order valence-corrected chi connectivity index (χ4v) is 2.30. The number of ether oxygens (including phenoxy) is 1. The molecule has 0 aliphatic rings. The summed E-state index contributed by atoms with van der Waals surface area (Å²) < 4.78 is 5.76. The normalized spacial score (nSPS) is 10.4. The topological polar surface area (TPSA) is 9.23 Å². The van der Waals surface area contributed by atoms with Gasteiger partial charge in [0.25, 0.3) is 0 Å². The molecule has 0 bridgehead atoms. The fourth-order valence-electron chi connectivity index (χ4n) is 1.90. The van der Waals surface area contributed by atoms with Gasteiger partial charge >= 0.3 is 0 Å². The Balaban J connectivity index is 1.83. The molecule has 1 nitrogen and oxygen atoms in total. The Hall–Kier alpha value is -1.18. The van der Waals surface area contributed by atoms with Crippen molar-refractivity contribution in [2.75, 3.05) is 6.61 Å². The SMILES string of the molecule is ClCc1cc(Cl)ccc1OCCCc1ccccc1. The first-order valence-electron chi connectivity index (χ1n) is 6.30. The summed E-state index contributed by atoms with van der Waals surface area (Å²) in [5.41, 5.74) is 2.27. The van der Waals surface area contributed by atoms with Gasteiger partial charge < -0.3 is 4.74 Å². The molecule has 0 saturated heterocycles. The molecule has 0 heterocycles. The van der Waals surface area contributed by atoms with Gasteiger partial charge in [-0.1, -0.05) is 41.9 Å². The van der Waals surface area contributed by atoms with E-state index in [4.69, 9.17) is 27.9 Å². The van der Waals surface area contributed by atoms with E-state index >= 15 is 0 Å². The first-order chi connectivity index (χ1) is 9.29. The minimum Gasteiger partial charge on any atom is -0.493 e. The van der Waals surface area contributed by atoms with Crippen LogP contribution in [0.15, 0.2) is 48.5 Å². The van der Waals surface area contributed by atoms with E-state index in [9.17, 15) is 0 Å². The summed E-state index contributed by atoms with van der Waals surface area (Å²) in [6.07, 6.45) is 2.00. The van der Waals surface area contributed by atoms with Crippen molar-refractivity contribution in [2.24, 2.45) is 0 Å². The molecule has 0 saturated carbocycles. The molecule has 0 unspecified atom stereocenters. The average molecular weight is 295 g/mol. The zero-order valence-corrected chi connectivity index (χ0v) is 12.1. The fraction of sp³-hybridized carbons (Fsp3) is 0.250. The molecule has 0 radical (unpaired) electrons. The van der Waals surface area contributed by atoms with Crippen LogP contribution in [-0.4, -0.2) is 6.61 Å². The summed E-state index contributed by atoms with van der Waals surface area (Å²) in [5, 5.41) is 0.687. The first kappa shape index (κ1) is 14.2. The van der Waals surface area contributed by atoms with Crippen LogP contribution in [0.1, 0.15) is 17.5 Å². The predicted molar refractivity (Wildman–Crippen MR) is 81.3 cm³/mol. The molecule has 2 aromatic rings. The summed E-state index contributed by atoms with van der Waals surface area (Å²) >= 11 is 11.8. The molecule has 0 aliphatic heterocycles. The van der Waals surface area contributed by atoms with Crippen LogP contribution in [0.4, 0.5) is 0 Å². The lowest BCUT2D eigenvalue weighted by atomic mass is 10.1. The third-order valence-corrected chi connectivity index (χ3v) is 3.40. The van der Waals surface area contributed by atoms with Gasteiger partial charge in [-0.2, -0.15) is 0 Å². The lowest BCUT2D eigenvalue weighted by Gasteiger charge is -2.10. The van der Waals surface area contributed by atoms with Crippen LogP contribution in [-0.2, 0) is 12.3 Å². The molecular formula is C16H16Cl2O. The maximum Gasteiger partial charge on any atom is 0.123 e. The lowest BCUT2D eigenvalue weighted by Crippen LogP contribution is -2.01. The molecule has 0 aromatic heterocycles. The summed E-state index contributed by atoms with van der Waals surface area (Å²) in [6, 6.07) is 16.0. The zero-order valence-electron chi connectivity index (χ0n) is 10.6. The molecule has 0 atom stereocenters. The van der Waals surface area contributed by atoms with E-state index in [1.807, 2.05) is 24.3 Å². The van der Waals surface area contributed by atoms with Gasteiger partial charge in [0.2, 0.25) is 0 Å². The van der Waals surface area contributed by atoms with Crippen molar-refractivity contribution >= 4 is 23.2 Å². The predicted octanol–water partition coefficient (Wildman–Crippen LogP) is 5.09. The number of alkyl halides is 1. The van der Waals surface area contributed by atoms with Gasteiger partial charge in [0.05, 0.1) is 12.5 Å². The lowest BCUT2D eigenvalue weighted by molar-refractivity contribution is 0.309. The van der Waals surface area contributed by atoms with Crippen LogP contribution < -0.4 is 4.74 Å². The van der Waals surface area contributed by atoms with Crippen LogP contribution in [0.5, 0.6) is 5.75 Å². The van der Waals surface area contributed by atoms with Gasteiger partial charge in [0.15, 0.2) is 0 Å². The molecule has 3 heteroatoms. The van der Waals surface area contributed by atoms with Crippen LogP contribution in [0.25, 0.3) is 0 Å². The van der Waals surface area contributed by atoms with E-state index in [1.54, 1.807) is 0 Å². The molecule has 100 valence electrons. The van der Waals surface area contributed by atoms with Gasteiger partial charge in [0, 0.05) is 10.6 Å². The van der Waals surface area contributed by atoms with Crippen LogP contribution in [0.3, 0.4) is 0 Å². The van der Waals surface area contributed by atoms with E-state index in [2.05, 4.69) is 24.3 Å². The van der Waals surface area contributed by atoms with Crippen molar-refractivity contribution in [3.63, 3.8) is 0 Å².